The lowest BCUT2D eigenvalue weighted by Crippen LogP contribution is -2.01. The molecular formula is C9H11FN2O2. The number of anilines is 1. The van der Waals surface area contributed by atoms with Crippen LogP contribution in [0.2, 0.25) is 0 Å². The summed E-state index contributed by atoms with van der Waals surface area (Å²) in [7, 11) is 1.53. The summed E-state index contributed by atoms with van der Waals surface area (Å²) in [5, 5.41) is 13.3. The van der Waals surface area contributed by atoms with Gasteiger partial charge in [0.1, 0.15) is 11.5 Å². The molecule has 14 heavy (non-hydrogen) atoms. The van der Waals surface area contributed by atoms with Gasteiger partial charge < -0.3 is 5.32 Å². The number of hydrogen-bond donors (Lipinski definition) is 1. The topological polar surface area (TPSA) is 55.2 Å². The van der Waals surface area contributed by atoms with Crippen LogP contribution in [0.25, 0.3) is 0 Å². The van der Waals surface area contributed by atoms with E-state index in [0.717, 1.165) is 6.07 Å². The molecule has 0 aromatic heterocycles. The fraction of sp³-hybridized carbons (Fsp3) is 0.333. The summed E-state index contributed by atoms with van der Waals surface area (Å²) in [6.45, 7) is 1.75. The third kappa shape index (κ3) is 1.81. The summed E-state index contributed by atoms with van der Waals surface area (Å²) >= 11 is 0. The molecule has 1 rings (SSSR count). The van der Waals surface area contributed by atoms with Crippen molar-refractivity contribution < 1.29 is 9.31 Å². The number of nitro benzene ring substituents is 1. The van der Waals surface area contributed by atoms with Gasteiger partial charge in [-0.2, -0.15) is 0 Å². The van der Waals surface area contributed by atoms with E-state index in [1.807, 2.05) is 0 Å². The van der Waals surface area contributed by atoms with Crippen LogP contribution in [0.1, 0.15) is 12.5 Å². The molecule has 0 aliphatic rings. The lowest BCUT2D eigenvalue weighted by Gasteiger charge is -2.06. The van der Waals surface area contributed by atoms with E-state index >= 15 is 0 Å². The SMILES string of the molecule is CCc1cc(F)cc(NC)c1[N+](=O)[O-]. The second-order valence-electron chi connectivity index (χ2n) is 2.82. The minimum atomic E-state index is -0.496. The van der Waals surface area contributed by atoms with Crippen LogP contribution in [0.3, 0.4) is 0 Å². The number of benzene rings is 1. The van der Waals surface area contributed by atoms with E-state index < -0.39 is 10.7 Å². The molecule has 0 atom stereocenters. The Kier molecular flexibility index (Phi) is 3.01. The standard InChI is InChI=1S/C9H11FN2O2/c1-3-6-4-7(10)5-8(11-2)9(6)12(13)14/h4-5,11H,3H2,1-2H3. The van der Waals surface area contributed by atoms with Crippen LogP contribution >= 0.6 is 0 Å². The maximum Gasteiger partial charge on any atom is 0.295 e. The van der Waals surface area contributed by atoms with Crippen molar-refractivity contribution in [2.24, 2.45) is 0 Å². The molecule has 0 saturated carbocycles. The number of hydrogen-bond acceptors (Lipinski definition) is 3. The van der Waals surface area contributed by atoms with Crippen LogP contribution in [0.4, 0.5) is 15.8 Å². The van der Waals surface area contributed by atoms with Crippen molar-refractivity contribution in [1.29, 1.82) is 0 Å². The molecule has 1 aromatic rings. The van der Waals surface area contributed by atoms with E-state index in [-0.39, 0.29) is 11.4 Å². The van der Waals surface area contributed by atoms with Gasteiger partial charge in [0.05, 0.1) is 4.92 Å². The van der Waals surface area contributed by atoms with Crippen LogP contribution in [0, 0.1) is 15.9 Å². The quantitative estimate of drug-likeness (QED) is 0.599. The zero-order chi connectivity index (χ0) is 10.7. The van der Waals surface area contributed by atoms with Crippen molar-refractivity contribution in [1.82, 2.24) is 0 Å². The van der Waals surface area contributed by atoms with Crippen LogP contribution in [-0.2, 0) is 6.42 Å². The first-order chi connectivity index (χ1) is 6.60. The fourth-order valence-electron chi connectivity index (χ4n) is 1.33. The highest BCUT2D eigenvalue weighted by Crippen LogP contribution is 2.29. The first-order valence-electron chi connectivity index (χ1n) is 4.24. The van der Waals surface area contributed by atoms with Gasteiger partial charge in [-0.05, 0) is 12.5 Å². The smallest absolute Gasteiger partial charge is 0.295 e. The van der Waals surface area contributed by atoms with Crippen LogP contribution in [0.15, 0.2) is 12.1 Å². The Hall–Kier alpha value is -1.65. The van der Waals surface area contributed by atoms with Crippen LogP contribution in [0.5, 0.6) is 0 Å². The van der Waals surface area contributed by atoms with Crippen molar-refractivity contribution in [3.05, 3.63) is 33.6 Å². The molecule has 0 aliphatic carbocycles. The number of nitrogens with one attached hydrogen (secondary N) is 1. The van der Waals surface area contributed by atoms with Gasteiger partial charge in [0, 0.05) is 18.7 Å². The normalized spacial score (nSPS) is 9.93. The summed E-state index contributed by atoms with van der Waals surface area (Å²) in [5.41, 5.74) is 0.572. The van der Waals surface area contributed by atoms with Gasteiger partial charge in [0.15, 0.2) is 0 Å². The summed E-state index contributed by atoms with van der Waals surface area (Å²) in [4.78, 5) is 10.2. The Labute approximate surface area is 80.9 Å². The fourth-order valence-corrected chi connectivity index (χ4v) is 1.33. The van der Waals surface area contributed by atoms with E-state index in [4.69, 9.17) is 0 Å². The minimum absolute atomic E-state index is 0.0450. The molecule has 0 aliphatic heterocycles. The Morgan fingerprint density at radius 1 is 1.57 bits per heavy atom. The summed E-state index contributed by atoms with van der Waals surface area (Å²) in [6.07, 6.45) is 0.433. The van der Waals surface area contributed by atoms with Crippen molar-refractivity contribution in [3.63, 3.8) is 0 Å². The third-order valence-corrected chi connectivity index (χ3v) is 1.99. The van der Waals surface area contributed by atoms with Crippen molar-refractivity contribution >= 4 is 11.4 Å². The molecule has 0 heterocycles. The molecule has 0 saturated heterocycles. The first kappa shape index (κ1) is 10.4. The van der Waals surface area contributed by atoms with E-state index in [1.54, 1.807) is 6.92 Å². The average Bonchev–Trinajstić information content (AvgIpc) is 2.15. The van der Waals surface area contributed by atoms with Gasteiger partial charge in [-0.3, -0.25) is 10.1 Å². The Morgan fingerprint density at radius 3 is 2.64 bits per heavy atom. The zero-order valence-electron chi connectivity index (χ0n) is 8.00. The molecule has 4 nitrogen and oxygen atoms in total. The Bertz CT molecular complexity index is 341. The second-order valence-corrected chi connectivity index (χ2v) is 2.82. The Morgan fingerprint density at radius 2 is 2.21 bits per heavy atom. The average molecular weight is 198 g/mol. The van der Waals surface area contributed by atoms with Crippen molar-refractivity contribution in [2.45, 2.75) is 13.3 Å². The van der Waals surface area contributed by atoms with Gasteiger partial charge in [-0.15, -0.1) is 0 Å². The molecule has 0 radical (unpaired) electrons. The predicted molar refractivity (Wildman–Crippen MR) is 52.0 cm³/mol. The highest BCUT2D eigenvalue weighted by atomic mass is 19.1. The van der Waals surface area contributed by atoms with Gasteiger partial charge in [-0.1, -0.05) is 6.92 Å². The molecule has 76 valence electrons. The van der Waals surface area contributed by atoms with Crippen molar-refractivity contribution in [3.8, 4) is 0 Å². The molecule has 0 bridgehead atoms. The highest BCUT2D eigenvalue weighted by Gasteiger charge is 2.19. The second kappa shape index (κ2) is 4.04. The van der Waals surface area contributed by atoms with Gasteiger partial charge in [-0.25, -0.2) is 4.39 Å². The van der Waals surface area contributed by atoms with Gasteiger partial charge in [0.2, 0.25) is 0 Å². The third-order valence-electron chi connectivity index (χ3n) is 1.99. The zero-order valence-corrected chi connectivity index (χ0v) is 8.00. The van der Waals surface area contributed by atoms with E-state index in [1.165, 1.54) is 13.1 Å². The minimum Gasteiger partial charge on any atom is -0.382 e. The molecular weight excluding hydrogens is 187 g/mol. The number of nitro groups is 1. The lowest BCUT2D eigenvalue weighted by atomic mass is 10.1. The molecule has 5 heteroatoms. The molecule has 1 N–H and O–H groups in total. The maximum atomic E-state index is 13.0. The van der Waals surface area contributed by atoms with Crippen molar-refractivity contribution in [2.75, 3.05) is 12.4 Å². The largest absolute Gasteiger partial charge is 0.382 e. The molecule has 0 unspecified atom stereocenters. The van der Waals surface area contributed by atoms with E-state index in [2.05, 4.69) is 5.32 Å². The van der Waals surface area contributed by atoms with Gasteiger partial charge in [0.25, 0.3) is 5.69 Å². The lowest BCUT2D eigenvalue weighted by molar-refractivity contribution is -0.384. The number of aryl methyl sites for hydroxylation is 1. The Balaban J connectivity index is 3.40. The van der Waals surface area contributed by atoms with Crippen LogP contribution in [-0.4, -0.2) is 12.0 Å². The molecule has 0 spiro atoms. The molecule has 1 aromatic carbocycles. The highest BCUT2D eigenvalue weighted by molar-refractivity contribution is 5.65. The van der Waals surface area contributed by atoms with E-state index in [9.17, 15) is 14.5 Å². The number of halogens is 1. The number of rotatable bonds is 3. The molecule has 0 amide bonds. The van der Waals surface area contributed by atoms with Gasteiger partial charge >= 0.3 is 0 Å². The summed E-state index contributed by atoms with van der Waals surface area (Å²) in [6, 6.07) is 2.32. The summed E-state index contributed by atoms with van der Waals surface area (Å²) in [5.74, 6) is -0.461. The van der Waals surface area contributed by atoms with Crippen LogP contribution < -0.4 is 5.32 Å². The number of nitrogens with zero attached hydrogens (tertiary/aromatic N) is 1. The first-order valence-corrected chi connectivity index (χ1v) is 4.24. The monoisotopic (exact) mass is 198 g/mol. The van der Waals surface area contributed by atoms with E-state index in [0.29, 0.717) is 12.0 Å². The predicted octanol–water partition coefficient (Wildman–Crippen LogP) is 2.34. The maximum absolute atomic E-state index is 13.0. The molecule has 0 fully saturated rings. The summed E-state index contributed by atoms with van der Waals surface area (Å²) < 4.78 is 13.0.